The highest BCUT2D eigenvalue weighted by atomic mass is 32.1. The van der Waals surface area contributed by atoms with Crippen LogP contribution in [0.25, 0.3) is 20.7 Å². The van der Waals surface area contributed by atoms with Gasteiger partial charge in [-0.05, 0) is 42.3 Å². The highest BCUT2D eigenvalue weighted by molar-refractivity contribution is 7.21. The maximum absolute atomic E-state index is 6.10. The SMILES string of the molecule is COc1cc(CCN)ccc1Oc1ncnc2sc(-c3ccccc3)cc12. The molecule has 0 amide bonds. The topological polar surface area (TPSA) is 70.3 Å². The minimum absolute atomic E-state index is 0.517. The molecule has 2 N–H and O–H groups in total. The van der Waals surface area contributed by atoms with Crippen LogP contribution in [0.15, 0.2) is 60.9 Å². The van der Waals surface area contributed by atoms with Gasteiger partial charge in [-0.15, -0.1) is 11.3 Å². The Morgan fingerprint density at radius 1 is 1.00 bits per heavy atom. The van der Waals surface area contributed by atoms with Gasteiger partial charge in [-0.2, -0.15) is 0 Å². The van der Waals surface area contributed by atoms with Gasteiger partial charge >= 0.3 is 0 Å². The van der Waals surface area contributed by atoms with Crippen LogP contribution in [0.3, 0.4) is 0 Å². The molecule has 2 aromatic carbocycles. The molecule has 4 rings (SSSR count). The van der Waals surface area contributed by atoms with Crippen molar-refractivity contribution in [2.45, 2.75) is 6.42 Å². The number of nitrogens with zero attached hydrogens (tertiary/aromatic N) is 2. The summed E-state index contributed by atoms with van der Waals surface area (Å²) in [6.45, 7) is 0.590. The molecule has 27 heavy (non-hydrogen) atoms. The molecule has 2 heterocycles. The summed E-state index contributed by atoms with van der Waals surface area (Å²) in [6, 6.07) is 18.1. The lowest BCUT2D eigenvalue weighted by Gasteiger charge is -2.11. The summed E-state index contributed by atoms with van der Waals surface area (Å²) < 4.78 is 11.6. The van der Waals surface area contributed by atoms with E-state index in [0.29, 0.717) is 23.9 Å². The number of fused-ring (bicyclic) bond motifs is 1. The molecule has 0 fully saturated rings. The smallest absolute Gasteiger partial charge is 0.231 e. The predicted octanol–water partition coefficient (Wildman–Crippen LogP) is 4.66. The van der Waals surface area contributed by atoms with Gasteiger partial charge in [-0.25, -0.2) is 9.97 Å². The minimum atomic E-state index is 0.517. The van der Waals surface area contributed by atoms with Crippen LogP contribution in [0.4, 0.5) is 0 Å². The number of nitrogens with two attached hydrogens (primary N) is 1. The lowest BCUT2D eigenvalue weighted by atomic mass is 10.1. The first-order valence-corrected chi connectivity index (χ1v) is 9.45. The number of aromatic nitrogens is 2. The van der Waals surface area contributed by atoms with Crippen molar-refractivity contribution in [3.8, 4) is 27.8 Å². The van der Waals surface area contributed by atoms with E-state index >= 15 is 0 Å². The summed E-state index contributed by atoms with van der Waals surface area (Å²) in [4.78, 5) is 10.7. The third kappa shape index (κ3) is 3.63. The summed E-state index contributed by atoms with van der Waals surface area (Å²) in [5, 5.41) is 0.884. The molecule has 0 bridgehead atoms. The van der Waals surface area contributed by atoms with Crippen LogP contribution in [-0.4, -0.2) is 23.6 Å². The van der Waals surface area contributed by atoms with Crippen molar-refractivity contribution >= 4 is 21.6 Å². The van der Waals surface area contributed by atoms with E-state index in [1.165, 1.54) is 6.33 Å². The van der Waals surface area contributed by atoms with Gasteiger partial charge in [0.15, 0.2) is 11.5 Å². The fourth-order valence-corrected chi connectivity index (χ4v) is 3.88. The second kappa shape index (κ2) is 7.73. The molecule has 5 nitrogen and oxygen atoms in total. The zero-order valence-electron chi connectivity index (χ0n) is 14.9. The zero-order chi connectivity index (χ0) is 18.6. The van der Waals surface area contributed by atoms with Crippen LogP contribution in [0, 0.1) is 0 Å². The normalized spacial score (nSPS) is 10.9. The number of rotatable bonds is 6. The Balaban J connectivity index is 1.71. The van der Waals surface area contributed by atoms with Gasteiger partial charge in [0, 0.05) is 4.88 Å². The molecule has 0 saturated carbocycles. The maximum Gasteiger partial charge on any atom is 0.231 e. The third-order valence-corrected chi connectivity index (χ3v) is 5.31. The molecular formula is C21H19N3O2S. The average Bonchev–Trinajstić information content (AvgIpc) is 3.15. The molecule has 0 saturated heterocycles. The van der Waals surface area contributed by atoms with E-state index in [1.807, 2.05) is 36.4 Å². The zero-order valence-corrected chi connectivity index (χ0v) is 15.7. The molecule has 0 aliphatic rings. The molecule has 0 spiro atoms. The van der Waals surface area contributed by atoms with E-state index in [2.05, 4.69) is 28.2 Å². The van der Waals surface area contributed by atoms with Crippen molar-refractivity contribution < 1.29 is 9.47 Å². The van der Waals surface area contributed by atoms with E-state index in [0.717, 1.165) is 32.6 Å². The highest BCUT2D eigenvalue weighted by Crippen LogP contribution is 2.39. The third-order valence-electron chi connectivity index (χ3n) is 4.22. The Morgan fingerprint density at radius 3 is 2.63 bits per heavy atom. The van der Waals surface area contributed by atoms with E-state index in [-0.39, 0.29) is 0 Å². The largest absolute Gasteiger partial charge is 0.493 e. The van der Waals surface area contributed by atoms with Gasteiger partial charge in [0.25, 0.3) is 0 Å². The number of ether oxygens (including phenoxy) is 2. The summed E-state index contributed by atoms with van der Waals surface area (Å²) in [5.74, 6) is 1.79. The van der Waals surface area contributed by atoms with Crippen molar-refractivity contribution in [1.29, 1.82) is 0 Å². The number of hydrogen-bond donors (Lipinski definition) is 1. The quantitative estimate of drug-likeness (QED) is 0.529. The van der Waals surface area contributed by atoms with Crippen LogP contribution in [-0.2, 0) is 6.42 Å². The van der Waals surface area contributed by atoms with Crippen LogP contribution in [0.5, 0.6) is 17.4 Å². The lowest BCUT2D eigenvalue weighted by Crippen LogP contribution is -2.03. The second-order valence-electron chi connectivity index (χ2n) is 6.00. The van der Waals surface area contributed by atoms with Gasteiger partial charge in [0.1, 0.15) is 11.2 Å². The first-order valence-electron chi connectivity index (χ1n) is 8.63. The Morgan fingerprint density at radius 2 is 1.85 bits per heavy atom. The minimum Gasteiger partial charge on any atom is -0.493 e. The number of hydrogen-bond acceptors (Lipinski definition) is 6. The van der Waals surface area contributed by atoms with Gasteiger partial charge in [0.05, 0.1) is 12.5 Å². The number of methoxy groups -OCH3 is 1. The number of benzene rings is 2. The molecule has 0 aliphatic heterocycles. The molecule has 2 aromatic heterocycles. The van der Waals surface area contributed by atoms with Gasteiger partial charge in [-0.1, -0.05) is 36.4 Å². The van der Waals surface area contributed by atoms with Crippen LogP contribution < -0.4 is 15.2 Å². The molecule has 136 valence electrons. The van der Waals surface area contributed by atoms with E-state index < -0.39 is 0 Å². The Kier molecular flexibility index (Phi) is 5.00. The van der Waals surface area contributed by atoms with E-state index in [1.54, 1.807) is 18.4 Å². The molecule has 0 radical (unpaired) electrons. The summed E-state index contributed by atoms with van der Waals surface area (Å²) in [6.07, 6.45) is 2.32. The van der Waals surface area contributed by atoms with Crippen molar-refractivity contribution in [2.24, 2.45) is 5.73 Å². The van der Waals surface area contributed by atoms with Gasteiger partial charge < -0.3 is 15.2 Å². The highest BCUT2D eigenvalue weighted by Gasteiger charge is 2.14. The molecule has 0 atom stereocenters. The van der Waals surface area contributed by atoms with E-state index in [9.17, 15) is 0 Å². The van der Waals surface area contributed by atoms with Crippen LogP contribution in [0.1, 0.15) is 5.56 Å². The first-order chi connectivity index (χ1) is 13.3. The van der Waals surface area contributed by atoms with Gasteiger partial charge in [0.2, 0.25) is 5.88 Å². The molecule has 4 aromatic rings. The summed E-state index contributed by atoms with van der Waals surface area (Å²) in [7, 11) is 1.63. The molecule has 6 heteroatoms. The first kappa shape index (κ1) is 17.5. The molecular weight excluding hydrogens is 358 g/mol. The maximum atomic E-state index is 6.10. The van der Waals surface area contributed by atoms with Crippen molar-refractivity contribution in [2.75, 3.05) is 13.7 Å². The van der Waals surface area contributed by atoms with Gasteiger partial charge in [-0.3, -0.25) is 0 Å². The monoisotopic (exact) mass is 377 g/mol. The number of thiophene rings is 1. The molecule has 0 aliphatic carbocycles. The predicted molar refractivity (Wildman–Crippen MR) is 109 cm³/mol. The van der Waals surface area contributed by atoms with Crippen molar-refractivity contribution in [3.63, 3.8) is 0 Å². The average molecular weight is 377 g/mol. The summed E-state index contributed by atoms with van der Waals surface area (Å²) >= 11 is 1.62. The summed E-state index contributed by atoms with van der Waals surface area (Å²) in [5.41, 5.74) is 7.89. The Labute approximate surface area is 161 Å². The van der Waals surface area contributed by atoms with E-state index in [4.69, 9.17) is 15.2 Å². The standard InChI is InChI=1S/C21H19N3O2S/c1-25-18-11-14(9-10-22)7-8-17(18)26-20-16-12-19(15-5-3-2-4-6-15)27-21(16)24-13-23-20/h2-8,11-13H,9-10,22H2,1H3. The Hall–Kier alpha value is -2.96. The van der Waals surface area contributed by atoms with Crippen LogP contribution >= 0.6 is 11.3 Å². The second-order valence-corrected chi connectivity index (χ2v) is 7.03. The lowest BCUT2D eigenvalue weighted by molar-refractivity contribution is 0.375. The van der Waals surface area contributed by atoms with Crippen LogP contribution in [0.2, 0.25) is 0 Å². The van der Waals surface area contributed by atoms with Crippen molar-refractivity contribution in [1.82, 2.24) is 9.97 Å². The fourth-order valence-electron chi connectivity index (χ4n) is 2.88. The molecule has 0 unspecified atom stereocenters. The van der Waals surface area contributed by atoms with Crippen molar-refractivity contribution in [3.05, 3.63) is 66.5 Å². The fraction of sp³-hybridized carbons (Fsp3) is 0.143. The Bertz CT molecular complexity index is 1060.